The summed E-state index contributed by atoms with van der Waals surface area (Å²) in [6, 6.07) is 11.1. The number of rotatable bonds is 2. The lowest BCUT2D eigenvalue weighted by molar-refractivity contribution is 0.306. The Morgan fingerprint density at radius 3 is 3.00 bits per heavy atom. The first-order valence-electron chi connectivity index (χ1n) is 6.83. The van der Waals surface area contributed by atoms with Gasteiger partial charge in [0.05, 0.1) is 23.9 Å². The first-order chi connectivity index (χ1) is 8.76. The number of nitrogens with zero attached hydrogens (tertiary/aromatic N) is 2. The van der Waals surface area contributed by atoms with E-state index in [0.29, 0.717) is 12.1 Å². The van der Waals surface area contributed by atoms with E-state index in [0.717, 1.165) is 13.0 Å². The number of benzene rings is 1. The number of epoxide rings is 1. The van der Waals surface area contributed by atoms with Crippen molar-refractivity contribution in [3.05, 3.63) is 35.9 Å². The lowest BCUT2D eigenvalue weighted by Crippen LogP contribution is -2.24. The monoisotopic (exact) mass is 242 g/mol. The predicted octanol–water partition coefficient (Wildman–Crippen LogP) is 2.74. The van der Waals surface area contributed by atoms with Gasteiger partial charge >= 0.3 is 0 Å². The summed E-state index contributed by atoms with van der Waals surface area (Å²) in [5.74, 6) is 0. The molecule has 0 radical (unpaired) electrons. The molecule has 4 rings (SSSR count). The third kappa shape index (κ3) is 1.65. The van der Waals surface area contributed by atoms with Crippen LogP contribution in [-0.2, 0) is 4.74 Å². The van der Waals surface area contributed by atoms with Crippen molar-refractivity contribution in [3.8, 4) is 0 Å². The van der Waals surface area contributed by atoms with Crippen molar-refractivity contribution in [1.82, 2.24) is 5.01 Å². The van der Waals surface area contributed by atoms with Gasteiger partial charge in [-0.25, -0.2) is 0 Å². The van der Waals surface area contributed by atoms with Crippen molar-refractivity contribution >= 4 is 5.71 Å². The summed E-state index contributed by atoms with van der Waals surface area (Å²) in [6.45, 7) is 3.26. The highest BCUT2D eigenvalue weighted by atomic mass is 16.6. The minimum atomic E-state index is 0.120. The van der Waals surface area contributed by atoms with Crippen LogP contribution in [0.1, 0.15) is 37.8 Å². The molecule has 3 heteroatoms. The van der Waals surface area contributed by atoms with Crippen LogP contribution in [0.25, 0.3) is 0 Å². The van der Waals surface area contributed by atoms with Gasteiger partial charge in [-0.3, -0.25) is 5.01 Å². The van der Waals surface area contributed by atoms with Gasteiger partial charge in [0.25, 0.3) is 0 Å². The standard InChI is InChI=1S/C15H18N2O/c1-15-9-5-8-12(14(15)18-15)16-17-10-13(17)11-6-3-2-4-7-11/h2-4,6-7,13-14H,5,8-10H2,1H3/b16-12-. The first kappa shape index (κ1) is 10.6. The Morgan fingerprint density at radius 2 is 2.17 bits per heavy atom. The predicted molar refractivity (Wildman–Crippen MR) is 70.5 cm³/mol. The molecule has 1 aromatic rings. The quantitative estimate of drug-likeness (QED) is 0.746. The zero-order valence-electron chi connectivity index (χ0n) is 10.7. The third-order valence-corrected chi connectivity index (χ3v) is 4.32. The zero-order valence-corrected chi connectivity index (χ0v) is 10.7. The summed E-state index contributed by atoms with van der Waals surface area (Å²) >= 11 is 0. The molecule has 1 aromatic carbocycles. The Morgan fingerprint density at radius 1 is 1.33 bits per heavy atom. The van der Waals surface area contributed by atoms with Crippen LogP contribution in [0.2, 0.25) is 0 Å². The normalized spacial score (nSPS) is 39.6. The van der Waals surface area contributed by atoms with Crippen molar-refractivity contribution in [2.45, 2.75) is 43.9 Å². The minimum absolute atomic E-state index is 0.120. The van der Waals surface area contributed by atoms with E-state index in [1.165, 1.54) is 24.1 Å². The molecule has 1 aliphatic carbocycles. The van der Waals surface area contributed by atoms with E-state index in [1.54, 1.807) is 0 Å². The van der Waals surface area contributed by atoms with Gasteiger partial charge in [-0.2, -0.15) is 5.10 Å². The van der Waals surface area contributed by atoms with Gasteiger partial charge in [0.1, 0.15) is 6.10 Å². The maximum Gasteiger partial charge on any atom is 0.127 e. The summed E-state index contributed by atoms with van der Waals surface area (Å²) in [6.07, 6.45) is 3.83. The third-order valence-electron chi connectivity index (χ3n) is 4.32. The summed E-state index contributed by atoms with van der Waals surface area (Å²) in [5, 5.41) is 6.99. The highest BCUT2D eigenvalue weighted by Gasteiger charge is 2.57. The van der Waals surface area contributed by atoms with E-state index in [-0.39, 0.29) is 5.60 Å². The zero-order chi connectivity index (χ0) is 12.2. The minimum Gasteiger partial charge on any atom is -0.360 e. The molecule has 3 atom stereocenters. The van der Waals surface area contributed by atoms with Crippen molar-refractivity contribution in [2.75, 3.05) is 6.54 Å². The van der Waals surface area contributed by atoms with Gasteiger partial charge in [-0.15, -0.1) is 0 Å². The van der Waals surface area contributed by atoms with Crippen molar-refractivity contribution in [2.24, 2.45) is 5.10 Å². The summed E-state index contributed by atoms with van der Waals surface area (Å²) in [4.78, 5) is 0. The van der Waals surface area contributed by atoms with Crippen molar-refractivity contribution < 1.29 is 4.74 Å². The maximum atomic E-state index is 5.79. The van der Waals surface area contributed by atoms with Crippen LogP contribution in [0, 0.1) is 0 Å². The lowest BCUT2D eigenvalue weighted by atomic mass is 9.89. The smallest absolute Gasteiger partial charge is 0.127 e. The van der Waals surface area contributed by atoms with Gasteiger partial charge < -0.3 is 4.74 Å². The van der Waals surface area contributed by atoms with E-state index in [2.05, 4.69) is 42.3 Å². The molecule has 0 N–H and O–H groups in total. The second-order valence-electron chi connectivity index (χ2n) is 5.80. The van der Waals surface area contributed by atoms with Gasteiger partial charge in [0.15, 0.2) is 0 Å². The van der Waals surface area contributed by atoms with Crippen LogP contribution < -0.4 is 0 Å². The SMILES string of the molecule is CC12CCC/C(=N/N3CC3c3ccccc3)C1O2. The lowest BCUT2D eigenvalue weighted by Gasteiger charge is -2.14. The molecule has 94 valence electrons. The van der Waals surface area contributed by atoms with Gasteiger partial charge in [-0.1, -0.05) is 30.3 Å². The molecule has 3 aliphatic rings. The van der Waals surface area contributed by atoms with Crippen LogP contribution in [0.3, 0.4) is 0 Å². The average molecular weight is 242 g/mol. The summed E-state index contributed by atoms with van der Waals surface area (Å²) in [5.41, 5.74) is 2.76. The molecule has 2 aliphatic heterocycles. The van der Waals surface area contributed by atoms with Crippen LogP contribution in [0.15, 0.2) is 35.4 Å². The van der Waals surface area contributed by atoms with E-state index in [1.807, 2.05) is 0 Å². The fraction of sp³-hybridized carbons (Fsp3) is 0.533. The van der Waals surface area contributed by atoms with Crippen molar-refractivity contribution in [3.63, 3.8) is 0 Å². The van der Waals surface area contributed by atoms with Crippen LogP contribution >= 0.6 is 0 Å². The summed E-state index contributed by atoms with van der Waals surface area (Å²) < 4.78 is 5.79. The fourth-order valence-electron chi connectivity index (χ4n) is 3.06. The van der Waals surface area contributed by atoms with E-state index < -0.39 is 0 Å². The molecule has 3 nitrogen and oxygen atoms in total. The number of hydrazone groups is 1. The van der Waals surface area contributed by atoms with E-state index in [9.17, 15) is 0 Å². The van der Waals surface area contributed by atoms with Gasteiger partial charge in [-0.05, 0) is 31.7 Å². The van der Waals surface area contributed by atoms with Gasteiger partial charge in [0, 0.05) is 0 Å². The molecule has 0 spiro atoms. The Labute approximate surface area is 107 Å². The molecular weight excluding hydrogens is 224 g/mol. The highest BCUT2D eigenvalue weighted by molar-refractivity contribution is 5.93. The molecular formula is C15H18N2O. The number of fused-ring (bicyclic) bond motifs is 1. The molecule has 0 amide bonds. The Hall–Kier alpha value is -1.35. The van der Waals surface area contributed by atoms with Crippen LogP contribution in [0.4, 0.5) is 0 Å². The van der Waals surface area contributed by atoms with Crippen molar-refractivity contribution in [1.29, 1.82) is 0 Å². The second-order valence-corrected chi connectivity index (χ2v) is 5.80. The largest absolute Gasteiger partial charge is 0.360 e. The Bertz CT molecular complexity index is 498. The number of ether oxygens (including phenoxy) is 1. The molecule has 18 heavy (non-hydrogen) atoms. The second kappa shape index (κ2) is 3.58. The topological polar surface area (TPSA) is 27.9 Å². The number of hydrogen-bond acceptors (Lipinski definition) is 3. The van der Waals surface area contributed by atoms with E-state index in [4.69, 9.17) is 9.84 Å². The first-order valence-corrected chi connectivity index (χ1v) is 6.83. The average Bonchev–Trinajstić information content (AvgIpc) is 3.26. The molecule has 0 aromatic heterocycles. The van der Waals surface area contributed by atoms with Crippen LogP contribution in [0.5, 0.6) is 0 Å². The molecule has 0 bridgehead atoms. The Balaban J connectivity index is 1.48. The molecule has 3 fully saturated rings. The summed E-state index contributed by atoms with van der Waals surface area (Å²) in [7, 11) is 0. The Kier molecular flexibility index (Phi) is 2.10. The molecule has 3 unspecified atom stereocenters. The fourth-order valence-corrected chi connectivity index (χ4v) is 3.06. The van der Waals surface area contributed by atoms with Gasteiger partial charge in [0.2, 0.25) is 0 Å². The molecule has 2 heterocycles. The van der Waals surface area contributed by atoms with E-state index >= 15 is 0 Å². The number of hydrogen-bond donors (Lipinski definition) is 0. The molecule has 1 saturated carbocycles. The molecule has 2 saturated heterocycles. The maximum absolute atomic E-state index is 5.79. The highest BCUT2D eigenvalue weighted by Crippen LogP contribution is 2.47. The van der Waals surface area contributed by atoms with Crippen LogP contribution in [-0.4, -0.2) is 29.0 Å².